The van der Waals surface area contributed by atoms with Gasteiger partial charge in [-0.2, -0.15) is 0 Å². The third-order valence-corrected chi connectivity index (χ3v) is 5.62. The molecule has 0 aliphatic carbocycles. The number of urea groups is 1. The molecule has 0 saturated heterocycles. The second-order valence-electron chi connectivity index (χ2n) is 6.58. The van der Waals surface area contributed by atoms with E-state index in [2.05, 4.69) is 10.6 Å². The lowest BCUT2D eigenvalue weighted by molar-refractivity contribution is -0.121. The van der Waals surface area contributed by atoms with Gasteiger partial charge in [0, 0.05) is 12.6 Å². The SMILES string of the molecule is CCCOc1ccc(CC(=O)NC(CC)c2ccoc2)cc1S(=O)(=O)NC(=O)NC. The fourth-order valence-corrected chi connectivity index (χ4v) is 3.91. The molecule has 1 heterocycles. The molecule has 2 aromatic rings. The van der Waals surface area contributed by atoms with E-state index in [0.717, 1.165) is 5.56 Å². The largest absolute Gasteiger partial charge is 0.492 e. The minimum Gasteiger partial charge on any atom is -0.492 e. The summed E-state index contributed by atoms with van der Waals surface area (Å²) in [5.74, 6) is -0.157. The summed E-state index contributed by atoms with van der Waals surface area (Å²) in [5, 5.41) is 5.11. The Labute approximate surface area is 176 Å². The molecular formula is C20H27N3O6S. The Morgan fingerprint density at radius 1 is 1.20 bits per heavy atom. The molecule has 10 heteroatoms. The lowest BCUT2D eigenvalue weighted by Gasteiger charge is -2.16. The van der Waals surface area contributed by atoms with Gasteiger partial charge in [0.1, 0.15) is 10.6 Å². The first-order chi connectivity index (χ1) is 14.3. The number of sulfonamides is 1. The first kappa shape index (κ1) is 23.3. The summed E-state index contributed by atoms with van der Waals surface area (Å²) in [6.07, 6.45) is 4.42. The van der Waals surface area contributed by atoms with Gasteiger partial charge >= 0.3 is 6.03 Å². The first-order valence-corrected chi connectivity index (χ1v) is 11.1. The molecule has 9 nitrogen and oxygen atoms in total. The minimum absolute atomic E-state index is 0.0368. The summed E-state index contributed by atoms with van der Waals surface area (Å²) in [5.41, 5.74) is 1.32. The van der Waals surface area contributed by atoms with E-state index in [-0.39, 0.29) is 29.0 Å². The average Bonchev–Trinajstić information content (AvgIpc) is 3.25. The van der Waals surface area contributed by atoms with Crippen molar-refractivity contribution >= 4 is 22.0 Å². The fourth-order valence-electron chi connectivity index (χ4n) is 2.76. The Morgan fingerprint density at radius 3 is 2.57 bits per heavy atom. The van der Waals surface area contributed by atoms with Gasteiger partial charge in [-0.25, -0.2) is 17.9 Å². The van der Waals surface area contributed by atoms with E-state index < -0.39 is 16.1 Å². The maximum atomic E-state index is 12.6. The van der Waals surface area contributed by atoms with Crippen molar-refractivity contribution in [1.82, 2.24) is 15.4 Å². The van der Waals surface area contributed by atoms with E-state index in [1.807, 2.05) is 18.6 Å². The molecule has 0 radical (unpaired) electrons. The van der Waals surface area contributed by atoms with Crippen LogP contribution in [0.5, 0.6) is 5.75 Å². The topological polar surface area (TPSA) is 127 Å². The molecule has 0 fully saturated rings. The Hall–Kier alpha value is -3.01. The fraction of sp³-hybridized carbons (Fsp3) is 0.400. The van der Waals surface area contributed by atoms with Crippen LogP contribution in [0.15, 0.2) is 46.1 Å². The summed E-state index contributed by atoms with van der Waals surface area (Å²) in [7, 11) is -2.88. The molecule has 0 spiro atoms. The normalized spacial score (nSPS) is 12.1. The zero-order valence-electron chi connectivity index (χ0n) is 17.2. The Bertz CT molecular complexity index is 957. The van der Waals surface area contributed by atoms with Crippen LogP contribution >= 0.6 is 0 Å². The highest BCUT2D eigenvalue weighted by Gasteiger charge is 2.23. The molecule has 164 valence electrons. The van der Waals surface area contributed by atoms with Crippen molar-refractivity contribution in [2.45, 2.75) is 44.0 Å². The van der Waals surface area contributed by atoms with Crippen LogP contribution in [0.3, 0.4) is 0 Å². The smallest absolute Gasteiger partial charge is 0.328 e. The van der Waals surface area contributed by atoms with Crippen LogP contribution in [0.25, 0.3) is 0 Å². The summed E-state index contributed by atoms with van der Waals surface area (Å²) in [4.78, 5) is 23.9. The number of ether oxygens (including phenoxy) is 1. The van der Waals surface area contributed by atoms with Gasteiger partial charge in [-0.15, -0.1) is 0 Å². The molecule has 2 rings (SSSR count). The van der Waals surface area contributed by atoms with E-state index in [4.69, 9.17) is 9.15 Å². The predicted molar refractivity (Wildman–Crippen MR) is 111 cm³/mol. The minimum atomic E-state index is -4.19. The monoisotopic (exact) mass is 437 g/mol. The number of carbonyl (C=O) groups is 2. The molecule has 1 aromatic carbocycles. The van der Waals surface area contributed by atoms with E-state index in [1.165, 1.54) is 25.4 Å². The second-order valence-corrected chi connectivity index (χ2v) is 8.23. The molecule has 0 bridgehead atoms. The van der Waals surface area contributed by atoms with Crippen LogP contribution in [-0.2, 0) is 21.2 Å². The van der Waals surface area contributed by atoms with Gasteiger partial charge in [0.2, 0.25) is 5.91 Å². The van der Waals surface area contributed by atoms with Crippen LogP contribution < -0.4 is 20.1 Å². The van der Waals surface area contributed by atoms with Gasteiger partial charge in [-0.1, -0.05) is 19.9 Å². The van der Waals surface area contributed by atoms with Gasteiger partial charge < -0.3 is 19.8 Å². The lowest BCUT2D eigenvalue weighted by Crippen LogP contribution is -2.37. The third kappa shape index (κ3) is 6.24. The van der Waals surface area contributed by atoms with Crippen molar-refractivity contribution in [3.8, 4) is 5.75 Å². The number of amides is 3. The van der Waals surface area contributed by atoms with E-state index in [0.29, 0.717) is 25.0 Å². The molecule has 3 amide bonds. The number of benzene rings is 1. The van der Waals surface area contributed by atoms with Crippen molar-refractivity contribution in [2.75, 3.05) is 13.7 Å². The van der Waals surface area contributed by atoms with Gasteiger partial charge in [0.15, 0.2) is 0 Å². The average molecular weight is 438 g/mol. The van der Waals surface area contributed by atoms with Crippen LogP contribution in [-0.4, -0.2) is 34.0 Å². The number of rotatable bonds is 10. The van der Waals surface area contributed by atoms with Crippen LogP contribution in [0, 0.1) is 0 Å². The predicted octanol–water partition coefficient (Wildman–Crippen LogP) is 2.50. The van der Waals surface area contributed by atoms with Gasteiger partial charge in [-0.05, 0) is 36.6 Å². The molecule has 0 aliphatic rings. The molecule has 30 heavy (non-hydrogen) atoms. The zero-order valence-corrected chi connectivity index (χ0v) is 18.0. The van der Waals surface area contributed by atoms with Crippen molar-refractivity contribution in [3.63, 3.8) is 0 Å². The van der Waals surface area contributed by atoms with Crippen molar-refractivity contribution in [2.24, 2.45) is 0 Å². The molecule has 3 N–H and O–H groups in total. The van der Waals surface area contributed by atoms with Crippen LogP contribution in [0.1, 0.15) is 43.9 Å². The quantitative estimate of drug-likeness (QED) is 0.524. The summed E-state index contributed by atoms with van der Waals surface area (Å²) < 4.78 is 37.8. The maximum absolute atomic E-state index is 12.6. The molecule has 0 aliphatic heterocycles. The lowest BCUT2D eigenvalue weighted by atomic mass is 10.1. The number of nitrogens with one attached hydrogen (secondary N) is 3. The van der Waals surface area contributed by atoms with E-state index in [1.54, 1.807) is 18.4 Å². The number of hydrogen-bond acceptors (Lipinski definition) is 6. The highest BCUT2D eigenvalue weighted by atomic mass is 32.2. The van der Waals surface area contributed by atoms with Gasteiger partial charge in [-0.3, -0.25) is 4.79 Å². The third-order valence-electron chi connectivity index (χ3n) is 4.27. The van der Waals surface area contributed by atoms with Crippen molar-refractivity contribution in [1.29, 1.82) is 0 Å². The molecular weight excluding hydrogens is 410 g/mol. The van der Waals surface area contributed by atoms with Crippen LogP contribution in [0.2, 0.25) is 0 Å². The Balaban J connectivity index is 2.24. The summed E-state index contributed by atoms with van der Waals surface area (Å²) in [6.45, 7) is 4.14. The number of hydrogen-bond donors (Lipinski definition) is 3. The standard InChI is InChI=1S/C20H27N3O6S/c1-4-9-29-17-7-6-14(11-18(17)30(26,27)23-20(25)21-3)12-19(24)22-16(5-2)15-8-10-28-13-15/h6-8,10-11,13,16H,4-5,9,12H2,1-3H3,(H,22,24)(H2,21,23,25). The highest BCUT2D eigenvalue weighted by molar-refractivity contribution is 7.90. The van der Waals surface area contributed by atoms with Gasteiger partial charge in [0.25, 0.3) is 10.0 Å². The van der Waals surface area contributed by atoms with Crippen molar-refractivity contribution < 1.29 is 27.2 Å². The highest BCUT2D eigenvalue weighted by Crippen LogP contribution is 2.26. The van der Waals surface area contributed by atoms with E-state index >= 15 is 0 Å². The molecule has 1 unspecified atom stereocenters. The van der Waals surface area contributed by atoms with E-state index in [9.17, 15) is 18.0 Å². The zero-order chi connectivity index (χ0) is 22.1. The Morgan fingerprint density at radius 2 is 1.97 bits per heavy atom. The summed E-state index contributed by atoms with van der Waals surface area (Å²) in [6, 6.07) is 5.16. The van der Waals surface area contributed by atoms with Crippen molar-refractivity contribution in [3.05, 3.63) is 47.9 Å². The molecule has 1 atom stereocenters. The summed E-state index contributed by atoms with van der Waals surface area (Å²) >= 11 is 0. The van der Waals surface area contributed by atoms with Gasteiger partial charge in [0.05, 0.1) is 31.6 Å². The molecule has 1 aromatic heterocycles. The number of carbonyl (C=O) groups excluding carboxylic acids is 2. The van der Waals surface area contributed by atoms with Crippen LogP contribution in [0.4, 0.5) is 4.79 Å². The Kier molecular flexibility index (Phi) is 8.28. The number of furan rings is 1. The molecule has 0 saturated carbocycles. The first-order valence-electron chi connectivity index (χ1n) is 9.62. The maximum Gasteiger partial charge on any atom is 0.328 e. The second kappa shape index (κ2) is 10.7.